The van der Waals surface area contributed by atoms with Gasteiger partial charge in [-0.15, -0.1) is 0 Å². The van der Waals surface area contributed by atoms with Crippen molar-refractivity contribution < 1.29 is 4.74 Å². The molecule has 0 aromatic carbocycles. The smallest absolute Gasteiger partial charge is 0.140 e. The number of aromatic nitrogens is 1. The van der Waals surface area contributed by atoms with Crippen molar-refractivity contribution in [3.8, 4) is 5.75 Å². The highest BCUT2D eigenvalue weighted by Gasteiger charge is 2.19. The Kier molecular flexibility index (Phi) is 5.76. The quantitative estimate of drug-likeness (QED) is 0.846. The Bertz CT molecular complexity index is 485. The van der Waals surface area contributed by atoms with E-state index in [0.717, 1.165) is 25.4 Å². The van der Waals surface area contributed by atoms with Gasteiger partial charge in [0, 0.05) is 38.3 Å². The lowest BCUT2D eigenvalue weighted by atomic mass is 9.98. The first kappa shape index (κ1) is 16.6. The standard InChI is InChI=1S/C19H31N3O/c1-16(2)21-9-6-10-22(12-11-21)17-13-19(15-20-14-17)23-18-7-4-3-5-8-18/h13-16,18H,3-12H2,1-2H3. The number of hydrogen-bond acceptors (Lipinski definition) is 4. The summed E-state index contributed by atoms with van der Waals surface area (Å²) >= 11 is 0. The van der Waals surface area contributed by atoms with Crippen molar-refractivity contribution in [1.82, 2.24) is 9.88 Å². The van der Waals surface area contributed by atoms with Crippen LogP contribution in [0.4, 0.5) is 5.69 Å². The van der Waals surface area contributed by atoms with Crippen molar-refractivity contribution in [2.75, 3.05) is 31.1 Å². The number of rotatable bonds is 4. The van der Waals surface area contributed by atoms with E-state index in [1.165, 1.54) is 50.8 Å². The monoisotopic (exact) mass is 317 g/mol. The van der Waals surface area contributed by atoms with Gasteiger partial charge in [0.2, 0.25) is 0 Å². The Balaban J connectivity index is 1.62. The van der Waals surface area contributed by atoms with Crippen molar-refractivity contribution >= 4 is 5.69 Å². The van der Waals surface area contributed by atoms with E-state index in [2.05, 4.69) is 34.7 Å². The average molecular weight is 317 g/mol. The minimum Gasteiger partial charge on any atom is -0.489 e. The van der Waals surface area contributed by atoms with Crippen LogP contribution < -0.4 is 9.64 Å². The van der Waals surface area contributed by atoms with Gasteiger partial charge in [-0.2, -0.15) is 0 Å². The van der Waals surface area contributed by atoms with Gasteiger partial charge in [0.05, 0.1) is 24.2 Å². The molecule has 128 valence electrons. The van der Waals surface area contributed by atoms with Gasteiger partial charge in [-0.05, 0) is 46.0 Å². The molecule has 3 rings (SSSR count). The van der Waals surface area contributed by atoms with Gasteiger partial charge >= 0.3 is 0 Å². The molecule has 0 bridgehead atoms. The van der Waals surface area contributed by atoms with Gasteiger partial charge in [0.25, 0.3) is 0 Å². The van der Waals surface area contributed by atoms with E-state index in [9.17, 15) is 0 Å². The highest BCUT2D eigenvalue weighted by molar-refractivity contribution is 5.48. The van der Waals surface area contributed by atoms with Crippen molar-refractivity contribution in [2.24, 2.45) is 0 Å². The van der Waals surface area contributed by atoms with Gasteiger partial charge < -0.3 is 9.64 Å². The average Bonchev–Trinajstić information content (AvgIpc) is 2.82. The van der Waals surface area contributed by atoms with E-state index in [-0.39, 0.29) is 0 Å². The van der Waals surface area contributed by atoms with E-state index in [4.69, 9.17) is 4.74 Å². The highest BCUT2D eigenvalue weighted by atomic mass is 16.5. The van der Waals surface area contributed by atoms with Gasteiger partial charge in [-0.1, -0.05) is 6.42 Å². The third kappa shape index (κ3) is 4.60. The fraction of sp³-hybridized carbons (Fsp3) is 0.737. The van der Waals surface area contributed by atoms with E-state index in [0.29, 0.717) is 12.1 Å². The molecule has 2 heterocycles. The number of ether oxygens (including phenoxy) is 1. The molecule has 0 radical (unpaired) electrons. The van der Waals surface area contributed by atoms with Crippen molar-refractivity contribution in [1.29, 1.82) is 0 Å². The third-order valence-corrected chi connectivity index (χ3v) is 5.18. The largest absolute Gasteiger partial charge is 0.489 e. The fourth-order valence-corrected chi connectivity index (χ4v) is 3.73. The first-order valence-electron chi connectivity index (χ1n) is 9.33. The summed E-state index contributed by atoms with van der Waals surface area (Å²) in [6, 6.07) is 2.82. The van der Waals surface area contributed by atoms with Crippen LogP contribution >= 0.6 is 0 Å². The summed E-state index contributed by atoms with van der Waals surface area (Å²) in [5, 5.41) is 0. The molecule has 2 aliphatic rings. The molecule has 1 saturated carbocycles. The molecule has 1 aliphatic carbocycles. The van der Waals surface area contributed by atoms with E-state index >= 15 is 0 Å². The van der Waals surface area contributed by atoms with E-state index in [1.807, 2.05) is 12.4 Å². The molecule has 1 aromatic rings. The second-order valence-corrected chi connectivity index (χ2v) is 7.23. The second kappa shape index (κ2) is 8.00. The Morgan fingerprint density at radius 3 is 2.61 bits per heavy atom. The molecule has 0 spiro atoms. The van der Waals surface area contributed by atoms with Crippen molar-refractivity contribution in [3.63, 3.8) is 0 Å². The lowest BCUT2D eigenvalue weighted by molar-refractivity contribution is 0.154. The van der Waals surface area contributed by atoms with Gasteiger partial charge in [-0.25, -0.2) is 0 Å². The molecular formula is C19H31N3O. The first-order chi connectivity index (χ1) is 11.2. The van der Waals surface area contributed by atoms with Gasteiger partial charge in [-0.3, -0.25) is 9.88 Å². The summed E-state index contributed by atoms with van der Waals surface area (Å²) in [7, 11) is 0. The Morgan fingerprint density at radius 2 is 1.83 bits per heavy atom. The van der Waals surface area contributed by atoms with Crippen LogP contribution in [0.25, 0.3) is 0 Å². The molecular weight excluding hydrogens is 286 g/mol. The molecule has 0 N–H and O–H groups in total. The van der Waals surface area contributed by atoms with E-state index in [1.54, 1.807) is 0 Å². The van der Waals surface area contributed by atoms with Crippen LogP contribution in [0.1, 0.15) is 52.4 Å². The van der Waals surface area contributed by atoms with Crippen molar-refractivity contribution in [2.45, 2.75) is 64.5 Å². The van der Waals surface area contributed by atoms with Gasteiger partial charge in [0.15, 0.2) is 0 Å². The summed E-state index contributed by atoms with van der Waals surface area (Å²) < 4.78 is 6.18. The van der Waals surface area contributed by atoms with Crippen LogP contribution in [0.3, 0.4) is 0 Å². The molecule has 2 fully saturated rings. The Hall–Kier alpha value is -1.29. The van der Waals surface area contributed by atoms with Crippen LogP contribution in [0, 0.1) is 0 Å². The van der Waals surface area contributed by atoms with Crippen LogP contribution in [-0.2, 0) is 0 Å². The predicted molar refractivity (Wildman–Crippen MR) is 95.3 cm³/mol. The maximum Gasteiger partial charge on any atom is 0.140 e. The second-order valence-electron chi connectivity index (χ2n) is 7.23. The van der Waals surface area contributed by atoms with E-state index < -0.39 is 0 Å². The SMILES string of the molecule is CC(C)N1CCCN(c2cncc(OC3CCCCC3)c2)CC1. The fourth-order valence-electron chi connectivity index (χ4n) is 3.73. The number of nitrogens with zero attached hydrogens (tertiary/aromatic N) is 3. The minimum absolute atomic E-state index is 0.390. The number of anilines is 1. The van der Waals surface area contributed by atoms with Crippen LogP contribution in [0.15, 0.2) is 18.5 Å². The molecule has 23 heavy (non-hydrogen) atoms. The maximum atomic E-state index is 6.18. The van der Waals surface area contributed by atoms with Crippen molar-refractivity contribution in [3.05, 3.63) is 18.5 Å². The molecule has 1 saturated heterocycles. The van der Waals surface area contributed by atoms with Crippen LogP contribution in [-0.4, -0.2) is 48.2 Å². The number of hydrogen-bond donors (Lipinski definition) is 0. The van der Waals surface area contributed by atoms with Crippen LogP contribution in [0.5, 0.6) is 5.75 Å². The maximum absolute atomic E-state index is 6.18. The molecule has 1 aliphatic heterocycles. The number of pyridine rings is 1. The molecule has 0 amide bonds. The Morgan fingerprint density at radius 1 is 1.00 bits per heavy atom. The summed E-state index contributed by atoms with van der Waals surface area (Å²) in [6.45, 7) is 9.08. The molecule has 4 nitrogen and oxygen atoms in total. The van der Waals surface area contributed by atoms with Crippen LogP contribution in [0.2, 0.25) is 0 Å². The summed E-state index contributed by atoms with van der Waals surface area (Å²) in [6.07, 6.45) is 11.8. The predicted octanol–water partition coefficient (Wildman–Crippen LogP) is 3.71. The molecule has 0 unspecified atom stereocenters. The first-order valence-corrected chi connectivity index (χ1v) is 9.33. The van der Waals surface area contributed by atoms with Gasteiger partial charge in [0.1, 0.15) is 5.75 Å². The molecule has 4 heteroatoms. The lowest BCUT2D eigenvalue weighted by Crippen LogP contribution is -2.35. The summed E-state index contributed by atoms with van der Waals surface area (Å²) in [4.78, 5) is 9.46. The minimum atomic E-state index is 0.390. The normalized spacial score (nSPS) is 21.4. The zero-order valence-corrected chi connectivity index (χ0v) is 14.7. The lowest BCUT2D eigenvalue weighted by Gasteiger charge is -2.26. The summed E-state index contributed by atoms with van der Waals surface area (Å²) in [5.41, 5.74) is 1.21. The topological polar surface area (TPSA) is 28.6 Å². The third-order valence-electron chi connectivity index (χ3n) is 5.18. The molecule has 0 atom stereocenters. The zero-order valence-electron chi connectivity index (χ0n) is 14.7. The highest BCUT2D eigenvalue weighted by Crippen LogP contribution is 2.26. The molecule has 1 aromatic heterocycles. The Labute approximate surface area is 140 Å². The summed E-state index contributed by atoms with van der Waals surface area (Å²) in [5.74, 6) is 0.944. The zero-order chi connectivity index (χ0) is 16.1.